The van der Waals surface area contributed by atoms with Gasteiger partial charge >= 0.3 is 0 Å². The van der Waals surface area contributed by atoms with Crippen molar-refractivity contribution < 1.29 is 13.2 Å². The number of amides is 1. The second kappa shape index (κ2) is 9.54. The highest BCUT2D eigenvalue weighted by atomic mass is 35.5. The second-order valence-electron chi connectivity index (χ2n) is 7.50. The molecule has 1 amide bonds. The van der Waals surface area contributed by atoms with Crippen molar-refractivity contribution in [3.8, 4) is 0 Å². The molecule has 162 valence electrons. The Hall–Kier alpha value is -2.83. The molecular formula is C24H25ClN2O3S. The molecule has 0 fully saturated rings. The summed E-state index contributed by atoms with van der Waals surface area (Å²) in [5.41, 5.74) is 3.39. The standard InChI is InChI=1S/C24H25ClN2O3S/c1-17-7-9-20(10-8-17)19(3)26-24(28)16-27(22-6-4-5-18(2)15-22)31(29,30)23-13-11-21(25)12-14-23/h4-15,19H,16H2,1-3H3,(H,26,28)/t19-/m0/s1. The van der Waals surface area contributed by atoms with E-state index < -0.39 is 15.9 Å². The number of halogens is 1. The van der Waals surface area contributed by atoms with Crippen LogP contribution in [0.1, 0.15) is 29.7 Å². The first-order valence-corrected chi connectivity index (χ1v) is 11.7. The molecule has 3 aromatic rings. The molecule has 0 bridgehead atoms. The van der Waals surface area contributed by atoms with Gasteiger partial charge in [0, 0.05) is 5.02 Å². The summed E-state index contributed by atoms with van der Waals surface area (Å²) in [6.45, 7) is 5.39. The Balaban J connectivity index is 1.89. The highest BCUT2D eigenvalue weighted by Gasteiger charge is 2.27. The van der Waals surface area contributed by atoms with Gasteiger partial charge in [0.05, 0.1) is 16.6 Å². The molecular weight excluding hydrogens is 432 g/mol. The van der Waals surface area contributed by atoms with Gasteiger partial charge in [-0.2, -0.15) is 0 Å². The first-order valence-electron chi connectivity index (χ1n) is 9.88. The predicted molar refractivity (Wildman–Crippen MR) is 125 cm³/mol. The second-order valence-corrected chi connectivity index (χ2v) is 9.80. The number of carbonyl (C=O) groups is 1. The molecule has 1 atom stereocenters. The van der Waals surface area contributed by atoms with Crippen LogP contribution in [0.2, 0.25) is 5.02 Å². The summed E-state index contributed by atoms with van der Waals surface area (Å²) in [6, 6.07) is 20.5. The van der Waals surface area contributed by atoms with Crippen molar-refractivity contribution in [2.75, 3.05) is 10.8 Å². The van der Waals surface area contributed by atoms with E-state index in [0.29, 0.717) is 10.7 Å². The van der Waals surface area contributed by atoms with Crippen molar-refractivity contribution in [3.63, 3.8) is 0 Å². The van der Waals surface area contributed by atoms with Gasteiger partial charge in [-0.05, 0) is 68.3 Å². The molecule has 0 aromatic heterocycles. The number of rotatable bonds is 7. The molecule has 0 saturated heterocycles. The Morgan fingerprint density at radius 2 is 1.61 bits per heavy atom. The highest BCUT2D eigenvalue weighted by molar-refractivity contribution is 7.92. The summed E-state index contributed by atoms with van der Waals surface area (Å²) in [4.78, 5) is 12.9. The number of anilines is 1. The number of hydrogen-bond donors (Lipinski definition) is 1. The fourth-order valence-electron chi connectivity index (χ4n) is 3.19. The van der Waals surface area contributed by atoms with Crippen LogP contribution < -0.4 is 9.62 Å². The SMILES string of the molecule is Cc1ccc([C@H](C)NC(=O)CN(c2cccc(C)c2)S(=O)(=O)c2ccc(Cl)cc2)cc1. The van der Waals surface area contributed by atoms with Gasteiger partial charge in [-0.1, -0.05) is 53.6 Å². The molecule has 0 unspecified atom stereocenters. The molecule has 0 radical (unpaired) electrons. The number of nitrogens with one attached hydrogen (secondary N) is 1. The molecule has 7 heteroatoms. The van der Waals surface area contributed by atoms with Crippen molar-refractivity contribution in [2.24, 2.45) is 0 Å². The summed E-state index contributed by atoms with van der Waals surface area (Å²) in [5.74, 6) is -0.396. The molecule has 0 spiro atoms. The lowest BCUT2D eigenvalue weighted by molar-refractivity contribution is -0.120. The van der Waals surface area contributed by atoms with Crippen LogP contribution in [0.3, 0.4) is 0 Å². The molecule has 0 aliphatic heterocycles. The minimum Gasteiger partial charge on any atom is -0.348 e. The van der Waals surface area contributed by atoms with Crippen LogP contribution in [0.4, 0.5) is 5.69 Å². The third kappa shape index (κ3) is 5.66. The van der Waals surface area contributed by atoms with Gasteiger partial charge in [-0.25, -0.2) is 8.42 Å². The van der Waals surface area contributed by atoms with Gasteiger partial charge < -0.3 is 5.32 Å². The van der Waals surface area contributed by atoms with Crippen LogP contribution in [0.25, 0.3) is 0 Å². The lowest BCUT2D eigenvalue weighted by atomic mass is 10.1. The Kier molecular flexibility index (Phi) is 7.03. The normalized spacial score (nSPS) is 12.3. The molecule has 5 nitrogen and oxygen atoms in total. The van der Waals surface area contributed by atoms with E-state index >= 15 is 0 Å². The number of carbonyl (C=O) groups excluding carboxylic acids is 1. The minimum absolute atomic E-state index is 0.0674. The average molecular weight is 457 g/mol. The van der Waals surface area contributed by atoms with E-state index in [-0.39, 0.29) is 17.5 Å². The molecule has 0 aliphatic carbocycles. The van der Waals surface area contributed by atoms with Crippen molar-refractivity contribution in [3.05, 3.63) is 94.5 Å². The lowest BCUT2D eigenvalue weighted by Crippen LogP contribution is -2.41. The first kappa shape index (κ1) is 22.8. The van der Waals surface area contributed by atoms with Crippen LogP contribution in [0, 0.1) is 13.8 Å². The average Bonchev–Trinajstić information content (AvgIpc) is 2.72. The Morgan fingerprint density at radius 3 is 2.23 bits per heavy atom. The zero-order valence-electron chi connectivity index (χ0n) is 17.7. The van der Waals surface area contributed by atoms with Crippen molar-refractivity contribution in [2.45, 2.75) is 31.7 Å². The number of sulfonamides is 1. The van der Waals surface area contributed by atoms with Crippen LogP contribution in [-0.2, 0) is 14.8 Å². The Morgan fingerprint density at radius 1 is 0.968 bits per heavy atom. The summed E-state index contributed by atoms with van der Waals surface area (Å²) < 4.78 is 27.9. The fourth-order valence-corrected chi connectivity index (χ4v) is 4.73. The number of aryl methyl sites for hydroxylation is 2. The van der Waals surface area contributed by atoms with Crippen LogP contribution in [-0.4, -0.2) is 20.9 Å². The van der Waals surface area contributed by atoms with E-state index in [1.54, 1.807) is 18.2 Å². The largest absolute Gasteiger partial charge is 0.348 e. The molecule has 3 aromatic carbocycles. The highest BCUT2D eigenvalue weighted by Crippen LogP contribution is 2.25. The quantitative estimate of drug-likeness (QED) is 0.542. The maximum Gasteiger partial charge on any atom is 0.264 e. The smallest absolute Gasteiger partial charge is 0.264 e. The van der Waals surface area contributed by atoms with E-state index in [1.807, 2.05) is 51.1 Å². The molecule has 3 rings (SSSR count). The summed E-state index contributed by atoms with van der Waals surface area (Å²) in [5, 5.41) is 3.33. The van der Waals surface area contributed by atoms with E-state index in [2.05, 4.69) is 5.32 Å². The summed E-state index contributed by atoms with van der Waals surface area (Å²) >= 11 is 5.92. The zero-order chi connectivity index (χ0) is 22.6. The third-order valence-corrected chi connectivity index (χ3v) is 6.97. The maximum atomic E-state index is 13.4. The van der Waals surface area contributed by atoms with Crippen molar-refractivity contribution in [1.29, 1.82) is 0 Å². The molecule has 0 heterocycles. The van der Waals surface area contributed by atoms with Crippen molar-refractivity contribution >= 4 is 33.2 Å². The zero-order valence-corrected chi connectivity index (χ0v) is 19.2. The number of benzene rings is 3. The van der Waals surface area contributed by atoms with Crippen LogP contribution in [0.15, 0.2) is 77.7 Å². The van der Waals surface area contributed by atoms with Gasteiger partial charge in [0.25, 0.3) is 10.0 Å². The topological polar surface area (TPSA) is 66.5 Å². The first-order chi connectivity index (χ1) is 14.7. The Bertz CT molecular complexity index is 1160. The number of hydrogen-bond acceptors (Lipinski definition) is 3. The number of nitrogens with zero attached hydrogens (tertiary/aromatic N) is 1. The Labute approximate surface area is 188 Å². The summed E-state index contributed by atoms with van der Waals surface area (Å²) in [7, 11) is -3.97. The van der Waals surface area contributed by atoms with Gasteiger partial charge in [-0.3, -0.25) is 9.10 Å². The predicted octanol–water partition coefficient (Wildman–Crippen LogP) is 5.03. The fraction of sp³-hybridized carbons (Fsp3) is 0.208. The van der Waals surface area contributed by atoms with Gasteiger partial charge in [-0.15, -0.1) is 0 Å². The van der Waals surface area contributed by atoms with Gasteiger partial charge in [0.2, 0.25) is 5.91 Å². The maximum absolute atomic E-state index is 13.4. The summed E-state index contributed by atoms with van der Waals surface area (Å²) in [6.07, 6.45) is 0. The van der Waals surface area contributed by atoms with E-state index in [9.17, 15) is 13.2 Å². The molecule has 0 saturated carbocycles. The van der Waals surface area contributed by atoms with Crippen molar-refractivity contribution in [1.82, 2.24) is 5.32 Å². The monoisotopic (exact) mass is 456 g/mol. The lowest BCUT2D eigenvalue weighted by Gasteiger charge is -2.25. The van der Waals surface area contributed by atoms with Crippen LogP contribution in [0.5, 0.6) is 0 Å². The van der Waals surface area contributed by atoms with E-state index in [0.717, 1.165) is 21.0 Å². The van der Waals surface area contributed by atoms with Gasteiger partial charge in [0.1, 0.15) is 6.54 Å². The van der Waals surface area contributed by atoms with Crippen LogP contribution >= 0.6 is 11.6 Å². The third-order valence-electron chi connectivity index (χ3n) is 4.93. The van der Waals surface area contributed by atoms with E-state index in [1.165, 1.54) is 24.3 Å². The minimum atomic E-state index is -3.97. The van der Waals surface area contributed by atoms with E-state index in [4.69, 9.17) is 11.6 Å². The molecule has 31 heavy (non-hydrogen) atoms. The molecule has 0 aliphatic rings. The molecule has 1 N–H and O–H groups in total. The van der Waals surface area contributed by atoms with Gasteiger partial charge in [0.15, 0.2) is 0 Å².